The summed E-state index contributed by atoms with van der Waals surface area (Å²) in [4.78, 5) is 27.8. The number of ether oxygens (including phenoxy) is 1. The highest BCUT2D eigenvalue weighted by atomic mass is 32.2. The van der Waals surface area contributed by atoms with Crippen LogP contribution in [0.1, 0.15) is 6.92 Å². The molecule has 2 rings (SSSR count). The number of hydrogen-bond donors (Lipinski definition) is 1. The van der Waals surface area contributed by atoms with Gasteiger partial charge in [0.05, 0.1) is 6.61 Å². The Morgan fingerprint density at radius 1 is 1.22 bits per heavy atom. The van der Waals surface area contributed by atoms with E-state index in [4.69, 9.17) is 4.74 Å². The van der Waals surface area contributed by atoms with E-state index >= 15 is 0 Å². The smallest absolute Gasteiger partial charge is 0.409 e. The molecule has 1 saturated heterocycles. The molecule has 8 heteroatoms. The van der Waals surface area contributed by atoms with E-state index < -0.39 is 10.8 Å². The summed E-state index contributed by atoms with van der Waals surface area (Å²) in [5.74, 6) is 0. The summed E-state index contributed by atoms with van der Waals surface area (Å²) >= 11 is 0. The van der Waals surface area contributed by atoms with Gasteiger partial charge < -0.3 is 19.9 Å². The van der Waals surface area contributed by atoms with Crippen molar-refractivity contribution in [3.8, 4) is 0 Å². The second-order valence-electron chi connectivity index (χ2n) is 5.09. The molecular formula is C15H21N3O4S. The zero-order valence-electron chi connectivity index (χ0n) is 13.3. The Labute approximate surface area is 138 Å². The van der Waals surface area contributed by atoms with E-state index in [1.54, 1.807) is 47.2 Å². The molecule has 0 unspecified atom stereocenters. The highest BCUT2D eigenvalue weighted by Crippen LogP contribution is 2.14. The van der Waals surface area contributed by atoms with E-state index in [1.165, 1.54) is 0 Å². The zero-order valence-corrected chi connectivity index (χ0v) is 14.1. The van der Waals surface area contributed by atoms with Crippen molar-refractivity contribution in [3.63, 3.8) is 0 Å². The van der Waals surface area contributed by atoms with Gasteiger partial charge >= 0.3 is 12.1 Å². The van der Waals surface area contributed by atoms with Crippen molar-refractivity contribution in [2.45, 2.75) is 11.8 Å². The Balaban J connectivity index is 1.89. The van der Waals surface area contributed by atoms with Gasteiger partial charge in [-0.1, -0.05) is 6.07 Å². The molecule has 1 aliphatic heterocycles. The fourth-order valence-electron chi connectivity index (χ4n) is 2.26. The number of nitrogens with zero attached hydrogens (tertiary/aromatic N) is 2. The third-order valence-electron chi connectivity index (χ3n) is 3.51. The Bertz CT molecular complexity index is 600. The Morgan fingerprint density at radius 2 is 1.87 bits per heavy atom. The molecule has 23 heavy (non-hydrogen) atoms. The van der Waals surface area contributed by atoms with Crippen LogP contribution in [0, 0.1) is 0 Å². The van der Waals surface area contributed by atoms with Crippen LogP contribution in [0.3, 0.4) is 0 Å². The van der Waals surface area contributed by atoms with Crippen LogP contribution in [-0.2, 0) is 15.5 Å². The quantitative estimate of drug-likeness (QED) is 0.909. The summed E-state index contributed by atoms with van der Waals surface area (Å²) in [5, 5.41) is 2.79. The van der Waals surface area contributed by atoms with E-state index in [0.29, 0.717) is 43.4 Å². The Hall–Kier alpha value is -2.09. The number of hydrogen-bond acceptors (Lipinski definition) is 4. The Kier molecular flexibility index (Phi) is 5.97. The minimum absolute atomic E-state index is 0.229. The molecule has 0 radical (unpaired) electrons. The second-order valence-corrected chi connectivity index (χ2v) is 6.46. The normalized spacial score (nSPS) is 15.9. The van der Waals surface area contributed by atoms with Crippen LogP contribution in [0.25, 0.3) is 0 Å². The van der Waals surface area contributed by atoms with Crippen LogP contribution in [0.15, 0.2) is 29.2 Å². The first-order chi connectivity index (χ1) is 11.0. The SMILES string of the molecule is CCOC(=O)N1CCN(C(=O)Nc2cccc([S@@](C)=O)c2)CC1. The minimum Gasteiger partial charge on any atom is -0.450 e. The second kappa shape index (κ2) is 7.96. The largest absolute Gasteiger partial charge is 0.450 e. The van der Waals surface area contributed by atoms with Crippen LogP contribution in [0.4, 0.5) is 15.3 Å². The maximum Gasteiger partial charge on any atom is 0.409 e. The van der Waals surface area contributed by atoms with Crippen molar-refractivity contribution in [2.75, 3.05) is 44.4 Å². The van der Waals surface area contributed by atoms with Crippen LogP contribution in [0.2, 0.25) is 0 Å². The average Bonchev–Trinajstić information content (AvgIpc) is 2.55. The number of nitrogens with one attached hydrogen (secondary N) is 1. The molecule has 3 amide bonds. The third kappa shape index (κ3) is 4.69. The van der Waals surface area contributed by atoms with Crippen LogP contribution in [0.5, 0.6) is 0 Å². The van der Waals surface area contributed by atoms with Gasteiger partial charge in [0, 0.05) is 53.8 Å². The lowest BCUT2D eigenvalue weighted by molar-refractivity contribution is 0.0868. The van der Waals surface area contributed by atoms with Gasteiger partial charge in [0.1, 0.15) is 0 Å². The maximum atomic E-state index is 12.3. The Morgan fingerprint density at radius 3 is 2.48 bits per heavy atom. The number of carbonyl (C=O) groups excluding carboxylic acids is 2. The molecule has 0 bridgehead atoms. The molecule has 1 fully saturated rings. The number of urea groups is 1. The fourth-order valence-corrected chi connectivity index (χ4v) is 2.83. The number of piperazine rings is 1. The summed E-state index contributed by atoms with van der Waals surface area (Å²) in [6.07, 6.45) is 1.25. The summed E-state index contributed by atoms with van der Waals surface area (Å²) < 4.78 is 16.4. The van der Waals surface area contributed by atoms with Crippen LogP contribution in [-0.4, -0.2) is 65.2 Å². The predicted octanol–water partition coefficient (Wildman–Crippen LogP) is 1.73. The van der Waals surface area contributed by atoms with E-state index in [0.717, 1.165) is 0 Å². The van der Waals surface area contributed by atoms with E-state index in [1.807, 2.05) is 0 Å². The first-order valence-electron chi connectivity index (χ1n) is 7.42. The van der Waals surface area contributed by atoms with Crippen molar-refractivity contribution in [1.82, 2.24) is 9.80 Å². The van der Waals surface area contributed by atoms with Crippen LogP contribution >= 0.6 is 0 Å². The monoisotopic (exact) mass is 339 g/mol. The molecule has 0 spiro atoms. The molecule has 0 saturated carbocycles. The number of benzene rings is 1. The molecule has 1 aliphatic rings. The highest BCUT2D eigenvalue weighted by Gasteiger charge is 2.24. The van der Waals surface area contributed by atoms with Gasteiger partial charge in [0.15, 0.2) is 0 Å². The topological polar surface area (TPSA) is 79.0 Å². The summed E-state index contributed by atoms with van der Waals surface area (Å²) in [6, 6.07) is 6.73. The third-order valence-corrected chi connectivity index (χ3v) is 4.43. The molecule has 1 aromatic rings. The maximum absolute atomic E-state index is 12.3. The van der Waals surface area contributed by atoms with Crippen molar-refractivity contribution in [1.29, 1.82) is 0 Å². The summed E-state index contributed by atoms with van der Waals surface area (Å²) in [5.41, 5.74) is 0.607. The molecule has 1 heterocycles. The number of amides is 3. The summed E-state index contributed by atoms with van der Waals surface area (Å²) in [6.45, 7) is 3.90. The van der Waals surface area contributed by atoms with Crippen LogP contribution < -0.4 is 5.32 Å². The molecule has 0 aromatic heterocycles. The lowest BCUT2D eigenvalue weighted by Crippen LogP contribution is -2.51. The van der Waals surface area contributed by atoms with E-state index in [-0.39, 0.29) is 12.1 Å². The lowest BCUT2D eigenvalue weighted by atomic mass is 10.3. The van der Waals surface area contributed by atoms with Crippen molar-refractivity contribution < 1.29 is 18.5 Å². The standard InChI is InChI=1S/C15H21N3O4S/c1-3-22-15(20)18-9-7-17(8-10-18)14(19)16-12-5-4-6-13(11-12)23(2)21/h4-6,11H,3,7-10H2,1-2H3,(H,16,19)/t23-/m1/s1. The number of carbonyl (C=O) groups is 2. The van der Waals surface area contributed by atoms with E-state index in [2.05, 4.69) is 5.32 Å². The highest BCUT2D eigenvalue weighted by molar-refractivity contribution is 7.84. The van der Waals surface area contributed by atoms with Gasteiger partial charge in [-0.05, 0) is 25.1 Å². The van der Waals surface area contributed by atoms with E-state index in [9.17, 15) is 13.8 Å². The fraction of sp³-hybridized carbons (Fsp3) is 0.467. The predicted molar refractivity (Wildman–Crippen MR) is 88.0 cm³/mol. The van der Waals surface area contributed by atoms with Gasteiger partial charge in [-0.25, -0.2) is 9.59 Å². The molecular weight excluding hydrogens is 318 g/mol. The van der Waals surface area contributed by atoms with Crippen molar-refractivity contribution in [2.24, 2.45) is 0 Å². The first kappa shape index (κ1) is 17.3. The lowest BCUT2D eigenvalue weighted by Gasteiger charge is -2.34. The van der Waals surface area contributed by atoms with Gasteiger partial charge in [-0.2, -0.15) is 0 Å². The summed E-state index contributed by atoms with van der Waals surface area (Å²) in [7, 11) is -1.09. The van der Waals surface area contributed by atoms with Gasteiger partial charge in [0.2, 0.25) is 0 Å². The van der Waals surface area contributed by atoms with Crippen molar-refractivity contribution >= 4 is 28.6 Å². The van der Waals surface area contributed by atoms with Crippen molar-refractivity contribution in [3.05, 3.63) is 24.3 Å². The molecule has 1 N–H and O–H groups in total. The molecule has 1 atom stereocenters. The molecule has 7 nitrogen and oxygen atoms in total. The molecule has 126 valence electrons. The first-order valence-corrected chi connectivity index (χ1v) is 8.98. The number of rotatable bonds is 3. The average molecular weight is 339 g/mol. The van der Waals surface area contributed by atoms with Gasteiger partial charge in [-0.15, -0.1) is 0 Å². The number of anilines is 1. The molecule has 1 aromatic carbocycles. The van der Waals surface area contributed by atoms with Gasteiger partial charge in [-0.3, -0.25) is 4.21 Å². The zero-order chi connectivity index (χ0) is 16.8. The van der Waals surface area contributed by atoms with Gasteiger partial charge in [0.25, 0.3) is 0 Å². The molecule has 0 aliphatic carbocycles. The minimum atomic E-state index is -1.09.